The largest absolute Gasteiger partial charge is 0.376 e. The van der Waals surface area contributed by atoms with Crippen molar-refractivity contribution in [1.82, 2.24) is 10.2 Å². The van der Waals surface area contributed by atoms with E-state index in [1.165, 1.54) is 12.1 Å². The Morgan fingerprint density at radius 2 is 1.76 bits per heavy atom. The number of nitrogens with zero attached hydrogens (tertiary/aromatic N) is 1. The Morgan fingerprint density at radius 3 is 2.35 bits per heavy atom. The molecular formula is C28H37FN2O3. The number of hydrogen-bond acceptors (Lipinski definition) is 3. The van der Waals surface area contributed by atoms with Crippen LogP contribution in [0.3, 0.4) is 0 Å². The molecule has 2 aromatic carbocycles. The molecular weight excluding hydrogens is 431 g/mol. The molecule has 2 amide bonds. The second-order valence-corrected chi connectivity index (χ2v) is 9.23. The molecule has 0 spiro atoms. The van der Waals surface area contributed by atoms with E-state index in [9.17, 15) is 14.0 Å². The molecule has 2 unspecified atom stereocenters. The number of aryl methyl sites for hydroxylation is 1. The number of carbonyl (C=O) groups excluding carboxylic acids is 2. The molecule has 34 heavy (non-hydrogen) atoms. The predicted molar refractivity (Wildman–Crippen MR) is 132 cm³/mol. The molecule has 3 rings (SSSR count). The molecule has 1 saturated heterocycles. The van der Waals surface area contributed by atoms with Crippen LogP contribution in [0.1, 0.15) is 62.3 Å². The van der Waals surface area contributed by atoms with Gasteiger partial charge in [0.25, 0.3) is 0 Å². The molecule has 184 valence electrons. The van der Waals surface area contributed by atoms with Gasteiger partial charge in [0.2, 0.25) is 11.8 Å². The van der Waals surface area contributed by atoms with Crippen molar-refractivity contribution in [2.45, 2.75) is 65.0 Å². The molecule has 0 bridgehead atoms. The molecule has 0 aliphatic carbocycles. The van der Waals surface area contributed by atoms with Crippen molar-refractivity contribution in [3.8, 4) is 0 Å². The van der Waals surface area contributed by atoms with Crippen LogP contribution in [0.4, 0.5) is 4.39 Å². The quantitative estimate of drug-likeness (QED) is 0.506. The van der Waals surface area contributed by atoms with Crippen molar-refractivity contribution in [2.75, 3.05) is 19.7 Å². The molecule has 1 heterocycles. The standard InChI is InChI=1S/C28H37FN2O3/c1-4-21(5-2)19-31(26(32)17-22-10-14-24(29)15-11-22)27(23-12-8-20(3)9-13-23)28(33)30-18-25-7-6-16-34-25/h8-15,21,25,27H,4-7,16-19H2,1-3H3,(H,30,33). The number of amides is 2. The summed E-state index contributed by atoms with van der Waals surface area (Å²) < 4.78 is 19.1. The lowest BCUT2D eigenvalue weighted by Crippen LogP contribution is -2.47. The summed E-state index contributed by atoms with van der Waals surface area (Å²) in [6.45, 7) is 7.85. The summed E-state index contributed by atoms with van der Waals surface area (Å²) >= 11 is 0. The van der Waals surface area contributed by atoms with E-state index < -0.39 is 6.04 Å². The monoisotopic (exact) mass is 468 g/mol. The molecule has 2 atom stereocenters. The van der Waals surface area contributed by atoms with Gasteiger partial charge in [-0.25, -0.2) is 4.39 Å². The van der Waals surface area contributed by atoms with Crippen LogP contribution in [0.2, 0.25) is 0 Å². The van der Waals surface area contributed by atoms with E-state index in [-0.39, 0.29) is 36.1 Å². The lowest BCUT2D eigenvalue weighted by atomic mass is 9.97. The molecule has 0 saturated carbocycles. The molecule has 1 fully saturated rings. The first-order chi connectivity index (χ1) is 16.4. The number of nitrogens with one attached hydrogen (secondary N) is 1. The molecule has 1 aliphatic rings. The zero-order valence-corrected chi connectivity index (χ0v) is 20.6. The van der Waals surface area contributed by atoms with Crippen molar-refractivity contribution in [3.63, 3.8) is 0 Å². The first-order valence-electron chi connectivity index (χ1n) is 12.4. The zero-order valence-electron chi connectivity index (χ0n) is 20.6. The van der Waals surface area contributed by atoms with Crippen molar-refractivity contribution in [1.29, 1.82) is 0 Å². The molecule has 0 aromatic heterocycles. The first kappa shape index (κ1) is 25.9. The average molecular weight is 469 g/mol. The van der Waals surface area contributed by atoms with Crippen LogP contribution >= 0.6 is 0 Å². The molecule has 1 aliphatic heterocycles. The van der Waals surface area contributed by atoms with E-state index in [1.807, 2.05) is 31.2 Å². The third-order valence-electron chi connectivity index (χ3n) is 6.68. The summed E-state index contributed by atoms with van der Waals surface area (Å²) in [6, 6.07) is 13.0. The Morgan fingerprint density at radius 1 is 1.09 bits per heavy atom. The molecule has 2 aromatic rings. The lowest BCUT2D eigenvalue weighted by molar-refractivity contribution is -0.141. The Hall–Kier alpha value is -2.73. The fourth-order valence-electron chi connectivity index (χ4n) is 4.39. The maximum Gasteiger partial charge on any atom is 0.247 e. The topological polar surface area (TPSA) is 58.6 Å². The van der Waals surface area contributed by atoms with Crippen LogP contribution in [0.5, 0.6) is 0 Å². The normalized spacial score (nSPS) is 16.4. The van der Waals surface area contributed by atoms with E-state index in [2.05, 4.69) is 19.2 Å². The summed E-state index contributed by atoms with van der Waals surface area (Å²) in [7, 11) is 0. The van der Waals surface area contributed by atoms with Crippen LogP contribution in [0.25, 0.3) is 0 Å². The van der Waals surface area contributed by atoms with E-state index in [0.29, 0.717) is 13.1 Å². The second kappa shape index (κ2) is 12.7. The van der Waals surface area contributed by atoms with Gasteiger partial charge in [-0.1, -0.05) is 68.7 Å². The Kier molecular flexibility index (Phi) is 9.63. The molecule has 1 N–H and O–H groups in total. The smallest absolute Gasteiger partial charge is 0.247 e. The number of rotatable bonds is 11. The second-order valence-electron chi connectivity index (χ2n) is 9.23. The lowest BCUT2D eigenvalue weighted by Gasteiger charge is -2.34. The number of benzene rings is 2. The van der Waals surface area contributed by atoms with E-state index in [0.717, 1.165) is 49.0 Å². The summed E-state index contributed by atoms with van der Waals surface area (Å²) in [6.07, 6.45) is 3.88. The van der Waals surface area contributed by atoms with Gasteiger partial charge in [0, 0.05) is 19.7 Å². The summed E-state index contributed by atoms with van der Waals surface area (Å²) in [5.41, 5.74) is 2.60. The number of ether oxygens (including phenoxy) is 1. The highest BCUT2D eigenvalue weighted by Crippen LogP contribution is 2.26. The van der Waals surface area contributed by atoms with Gasteiger partial charge >= 0.3 is 0 Å². The van der Waals surface area contributed by atoms with E-state index in [1.54, 1.807) is 17.0 Å². The maximum atomic E-state index is 13.6. The van der Waals surface area contributed by atoms with Gasteiger partial charge in [0.1, 0.15) is 11.9 Å². The minimum atomic E-state index is -0.740. The minimum absolute atomic E-state index is 0.0185. The molecule has 0 radical (unpaired) electrons. The van der Waals surface area contributed by atoms with Gasteiger partial charge in [-0.2, -0.15) is 0 Å². The predicted octanol–water partition coefficient (Wildman–Crippen LogP) is 4.98. The van der Waals surface area contributed by atoms with Crippen LogP contribution in [-0.4, -0.2) is 42.5 Å². The van der Waals surface area contributed by atoms with Crippen molar-refractivity contribution in [3.05, 3.63) is 71.0 Å². The minimum Gasteiger partial charge on any atom is -0.376 e. The van der Waals surface area contributed by atoms with Crippen LogP contribution < -0.4 is 5.32 Å². The molecule has 5 nitrogen and oxygen atoms in total. The summed E-state index contributed by atoms with van der Waals surface area (Å²) in [4.78, 5) is 28.9. The van der Waals surface area contributed by atoms with Crippen LogP contribution in [-0.2, 0) is 20.7 Å². The Bertz CT molecular complexity index is 920. The summed E-state index contributed by atoms with van der Waals surface area (Å²) in [5, 5.41) is 3.05. The van der Waals surface area contributed by atoms with Crippen molar-refractivity contribution < 1.29 is 18.7 Å². The van der Waals surface area contributed by atoms with Gasteiger partial charge in [-0.15, -0.1) is 0 Å². The van der Waals surface area contributed by atoms with Gasteiger partial charge in [-0.05, 0) is 48.9 Å². The van der Waals surface area contributed by atoms with Crippen LogP contribution in [0, 0.1) is 18.7 Å². The highest BCUT2D eigenvalue weighted by molar-refractivity contribution is 5.89. The fourth-order valence-corrected chi connectivity index (χ4v) is 4.39. The van der Waals surface area contributed by atoms with Crippen molar-refractivity contribution in [2.24, 2.45) is 5.92 Å². The van der Waals surface area contributed by atoms with Gasteiger partial charge < -0.3 is 15.0 Å². The Balaban J connectivity index is 1.90. The van der Waals surface area contributed by atoms with Gasteiger partial charge in [0.15, 0.2) is 0 Å². The Labute approximate surface area is 202 Å². The van der Waals surface area contributed by atoms with E-state index in [4.69, 9.17) is 4.74 Å². The van der Waals surface area contributed by atoms with Crippen molar-refractivity contribution >= 4 is 11.8 Å². The molecule has 6 heteroatoms. The number of halogens is 1. The van der Waals surface area contributed by atoms with E-state index >= 15 is 0 Å². The number of carbonyl (C=O) groups is 2. The SMILES string of the molecule is CCC(CC)CN(C(=O)Cc1ccc(F)cc1)C(C(=O)NCC1CCCO1)c1ccc(C)cc1. The maximum absolute atomic E-state index is 13.6. The van der Waals surface area contributed by atoms with Crippen LogP contribution in [0.15, 0.2) is 48.5 Å². The highest BCUT2D eigenvalue weighted by atomic mass is 19.1. The first-order valence-corrected chi connectivity index (χ1v) is 12.4. The van der Waals surface area contributed by atoms with Gasteiger partial charge in [-0.3, -0.25) is 9.59 Å². The third kappa shape index (κ3) is 7.13. The summed E-state index contributed by atoms with van der Waals surface area (Å²) in [5.74, 6) is -0.402. The average Bonchev–Trinajstić information content (AvgIpc) is 3.36. The fraction of sp³-hybridized carbons (Fsp3) is 0.500. The number of hydrogen-bond donors (Lipinski definition) is 1. The highest BCUT2D eigenvalue weighted by Gasteiger charge is 2.33. The third-order valence-corrected chi connectivity index (χ3v) is 6.68. The van der Waals surface area contributed by atoms with Gasteiger partial charge in [0.05, 0.1) is 12.5 Å². The zero-order chi connectivity index (χ0) is 24.5.